The van der Waals surface area contributed by atoms with Crippen molar-refractivity contribution < 1.29 is 5.11 Å². The summed E-state index contributed by atoms with van der Waals surface area (Å²) in [6.45, 7) is 3.92. The van der Waals surface area contributed by atoms with Crippen molar-refractivity contribution in [2.75, 3.05) is 6.54 Å². The third-order valence-corrected chi connectivity index (χ3v) is 4.86. The highest BCUT2D eigenvalue weighted by molar-refractivity contribution is 6.35. The lowest BCUT2D eigenvalue weighted by Crippen LogP contribution is -2.44. The van der Waals surface area contributed by atoms with Gasteiger partial charge in [-0.25, -0.2) is 4.98 Å². The van der Waals surface area contributed by atoms with Crippen LogP contribution in [-0.2, 0) is 6.54 Å². The first kappa shape index (κ1) is 14.8. The van der Waals surface area contributed by atoms with Gasteiger partial charge in [-0.3, -0.25) is 0 Å². The van der Waals surface area contributed by atoms with Gasteiger partial charge in [-0.05, 0) is 50.8 Å². The van der Waals surface area contributed by atoms with E-state index < -0.39 is 0 Å². The Morgan fingerprint density at radius 2 is 2.33 bits per heavy atom. The Kier molecular flexibility index (Phi) is 4.48. The molecule has 114 valence electrons. The number of rotatable bonds is 4. The first-order valence-electron chi connectivity index (χ1n) is 7.68. The number of piperidine rings is 1. The van der Waals surface area contributed by atoms with Crippen LogP contribution in [-0.4, -0.2) is 33.3 Å². The number of aliphatic hydroxyl groups is 1. The minimum atomic E-state index is -0.199. The standard InChI is InChI=1S/C16H22ClN3O/c1-11-6-7-13-16(15(11)17)19-10-20(13)9-3-4-12-14(21)5-2-8-18-12/h6-7,10,12,14,18,21H,2-5,8-9H2,1H3/t12-,14+/m1/s1. The first-order chi connectivity index (χ1) is 10.2. The number of imidazole rings is 1. The SMILES string of the molecule is Cc1ccc2c(ncn2CCC[C@H]2NCCC[C@@H]2O)c1Cl. The molecule has 21 heavy (non-hydrogen) atoms. The van der Waals surface area contributed by atoms with Crippen molar-refractivity contribution in [2.24, 2.45) is 0 Å². The fourth-order valence-electron chi connectivity index (χ4n) is 3.09. The van der Waals surface area contributed by atoms with E-state index in [1.54, 1.807) is 0 Å². The van der Waals surface area contributed by atoms with Crippen LogP contribution in [0.15, 0.2) is 18.5 Å². The molecule has 0 spiro atoms. The number of aromatic nitrogens is 2. The molecule has 5 heteroatoms. The molecule has 1 aliphatic rings. The van der Waals surface area contributed by atoms with Gasteiger partial charge in [-0.2, -0.15) is 0 Å². The van der Waals surface area contributed by atoms with E-state index in [-0.39, 0.29) is 12.1 Å². The van der Waals surface area contributed by atoms with Gasteiger partial charge in [0.15, 0.2) is 0 Å². The van der Waals surface area contributed by atoms with E-state index >= 15 is 0 Å². The Bertz CT molecular complexity index is 625. The summed E-state index contributed by atoms with van der Waals surface area (Å²) in [6, 6.07) is 4.35. The molecule has 1 aromatic carbocycles. The highest BCUT2D eigenvalue weighted by Gasteiger charge is 2.21. The zero-order valence-electron chi connectivity index (χ0n) is 12.3. The van der Waals surface area contributed by atoms with Crippen molar-refractivity contribution in [3.63, 3.8) is 0 Å². The third-order valence-electron chi connectivity index (χ3n) is 4.39. The summed E-state index contributed by atoms with van der Waals surface area (Å²) in [5.74, 6) is 0. The van der Waals surface area contributed by atoms with Gasteiger partial charge in [0.25, 0.3) is 0 Å². The molecule has 1 aliphatic heterocycles. The molecular weight excluding hydrogens is 286 g/mol. The van der Waals surface area contributed by atoms with E-state index in [0.717, 1.165) is 60.4 Å². The van der Waals surface area contributed by atoms with Gasteiger partial charge >= 0.3 is 0 Å². The number of hydrogen-bond donors (Lipinski definition) is 2. The molecule has 1 aromatic heterocycles. The molecule has 2 N–H and O–H groups in total. The van der Waals surface area contributed by atoms with Gasteiger partial charge in [0.2, 0.25) is 0 Å². The quantitative estimate of drug-likeness (QED) is 0.913. The van der Waals surface area contributed by atoms with Crippen LogP contribution in [0.25, 0.3) is 11.0 Å². The fourth-order valence-corrected chi connectivity index (χ4v) is 3.30. The molecule has 0 amide bonds. The molecule has 0 saturated carbocycles. The summed E-state index contributed by atoms with van der Waals surface area (Å²) in [4.78, 5) is 4.43. The molecule has 0 radical (unpaired) electrons. The summed E-state index contributed by atoms with van der Waals surface area (Å²) in [5, 5.41) is 14.1. The summed E-state index contributed by atoms with van der Waals surface area (Å²) in [6.07, 6.45) is 5.66. The minimum absolute atomic E-state index is 0.199. The monoisotopic (exact) mass is 307 g/mol. The Morgan fingerprint density at radius 1 is 1.48 bits per heavy atom. The van der Waals surface area contributed by atoms with Gasteiger partial charge in [0, 0.05) is 12.6 Å². The smallest absolute Gasteiger partial charge is 0.107 e. The van der Waals surface area contributed by atoms with Crippen molar-refractivity contribution in [1.82, 2.24) is 14.9 Å². The van der Waals surface area contributed by atoms with Crippen LogP contribution in [0.5, 0.6) is 0 Å². The van der Waals surface area contributed by atoms with Crippen molar-refractivity contribution in [2.45, 2.75) is 51.3 Å². The topological polar surface area (TPSA) is 50.1 Å². The van der Waals surface area contributed by atoms with Crippen LogP contribution in [0.4, 0.5) is 0 Å². The number of aryl methyl sites for hydroxylation is 2. The number of nitrogens with one attached hydrogen (secondary N) is 1. The average molecular weight is 308 g/mol. The molecule has 1 saturated heterocycles. The number of hydrogen-bond acceptors (Lipinski definition) is 3. The maximum atomic E-state index is 9.97. The van der Waals surface area contributed by atoms with Crippen molar-refractivity contribution in [3.05, 3.63) is 29.0 Å². The minimum Gasteiger partial charge on any atom is -0.392 e. The third kappa shape index (κ3) is 3.07. The number of benzene rings is 1. The predicted molar refractivity (Wildman–Crippen MR) is 85.7 cm³/mol. The van der Waals surface area contributed by atoms with E-state index in [0.29, 0.717) is 0 Å². The molecule has 3 rings (SSSR count). The Morgan fingerprint density at radius 3 is 3.14 bits per heavy atom. The van der Waals surface area contributed by atoms with Crippen molar-refractivity contribution >= 4 is 22.6 Å². The van der Waals surface area contributed by atoms with Crippen molar-refractivity contribution in [1.29, 1.82) is 0 Å². The van der Waals surface area contributed by atoms with Crippen LogP contribution in [0, 0.1) is 6.92 Å². The summed E-state index contributed by atoms with van der Waals surface area (Å²) >= 11 is 6.30. The predicted octanol–water partition coefficient (Wildman–Crippen LogP) is 2.89. The molecule has 0 unspecified atom stereocenters. The molecular formula is C16H22ClN3O. The van der Waals surface area contributed by atoms with Gasteiger partial charge in [0.05, 0.1) is 23.0 Å². The Balaban J connectivity index is 1.64. The zero-order valence-corrected chi connectivity index (χ0v) is 13.1. The average Bonchev–Trinajstić information content (AvgIpc) is 2.89. The molecule has 0 bridgehead atoms. The van der Waals surface area contributed by atoms with Crippen LogP contribution in [0.2, 0.25) is 5.02 Å². The van der Waals surface area contributed by atoms with Gasteiger partial charge in [-0.1, -0.05) is 17.7 Å². The molecule has 1 fully saturated rings. The molecule has 2 atom stereocenters. The van der Waals surface area contributed by atoms with E-state index in [2.05, 4.69) is 20.9 Å². The number of fused-ring (bicyclic) bond motifs is 1. The highest BCUT2D eigenvalue weighted by Crippen LogP contribution is 2.26. The van der Waals surface area contributed by atoms with Crippen LogP contribution >= 0.6 is 11.6 Å². The van der Waals surface area contributed by atoms with E-state index in [1.165, 1.54) is 0 Å². The second-order valence-electron chi connectivity index (χ2n) is 5.91. The highest BCUT2D eigenvalue weighted by atomic mass is 35.5. The van der Waals surface area contributed by atoms with E-state index in [1.807, 2.05) is 19.3 Å². The van der Waals surface area contributed by atoms with Crippen LogP contribution in [0.1, 0.15) is 31.2 Å². The molecule has 0 aliphatic carbocycles. The molecule has 2 aromatic rings. The number of aliphatic hydroxyl groups excluding tert-OH is 1. The normalized spacial score (nSPS) is 22.8. The largest absolute Gasteiger partial charge is 0.392 e. The summed E-state index contributed by atoms with van der Waals surface area (Å²) in [5.41, 5.74) is 3.03. The van der Waals surface area contributed by atoms with E-state index in [4.69, 9.17) is 11.6 Å². The van der Waals surface area contributed by atoms with E-state index in [9.17, 15) is 5.11 Å². The summed E-state index contributed by atoms with van der Waals surface area (Å²) < 4.78 is 2.15. The maximum Gasteiger partial charge on any atom is 0.107 e. The van der Waals surface area contributed by atoms with Crippen LogP contribution in [0.3, 0.4) is 0 Å². The Labute approximate surface area is 130 Å². The molecule has 4 nitrogen and oxygen atoms in total. The van der Waals surface area contributed by atoms with Gasteiger partial charge in [0.1, 0.15) is 5.52 Å². The zero-order chi connectivity index (χ0) is 14.8. The van der Waals surface area contributed by atoms with Crippen molar-refractivity contribution in [3.8, 4) is 0 Å². The maximum absolute atomic E-state index is 9.97. The number of halogens is 1. The lowest BCUT2D eigenvalue weighted by Gasteiger charge is -2.29. The Hall–Kier alpha value is -1.10. The lowest BCUT2D eigenvalue weighted by atomic mass is 9.97. The van der Waals surface area contributed by atoms with Gasteiger partial charge < -0.3 is 15.0 Å². The second-order valence-corrected chi connectivity index (χ2v) is 6.29. The van der Waals surface area contributed by atoms with Gasteiger partial charge in [-0.15, -0.1) is 0 Å². The first-order valence-corrected chi connectivity index (χ1v) is 8.06. The lowest BCUT2D eigenvalue weighted by molar-refractivity contribution is 0.0909. The number of nitrogens with zero attached hydrogens (tertiary/aromatic N) is 2. The van der Waals surface area contributed by atoms with Crippen LogP contribution < -0.4 is 5.32 Å². The summed E-state index contributed by atoms with van der Waals surface area (Å²) in [7, 11) is 0. The molecule has 2 heterocycles. The second kappa shape index (κ2) is 6.34. The fraction of sp³-hybridized carbons (Fsp3) is 0.562.